The number of piperidine rings is 1. The number of aromatic nitrogens is 2. The van der Waals surface area contributed by atoms with Crippen LogP contribution in [0.15, 0.2) is 12.4 Å². The van der Waals surface area contributed by atoms with Crippen LogP contribution >= 0.6 is 0 Å². The van der Waals surface area contributed by atoms with Gasteiger partial charge in [-0.05, 0) is 25.8 Å². The van der Waals surface area contributed by atoms with Crippen LogP contribution in [0.2, 0.25) is 0 Å². The van der Waals surface area contributed by atoms with E-state index in [9.17, 15) is 0 Å². The Labute approximate surface area is 115 Å². The third-order valence-corrected chi connectivity index (χ3v) is 3.44. The maximum atomic E-state index is 5.45. The van der Waals surface area contributed by atoms with E-state index >= 15 is 0 Å². The second-order valence-electron chi connectivity index (χ2n) is 4.99. The summed E-state index contributed by atoms with van der Waals surface area (Å²) in [4.78, 5) is 11.3. The summed E-state index contributed by atoms with van der Waals surface area (Å²) in [5, 5.41) is 3.36. The van der Waals surface area contributed by atoms with Crippen LogP contribution in [0, 0.1) is 0 Å². The van der Waals surface area contributed by atoms with E-state index in [4.69, 9.17) is 4.74 Å². The third-order valence-electron chi connectivity index (χ3n) is 3.44. The first-order valence-electron chi connectivity index (χ1n) is 7.13. The summed E-state index contributed by atoms with van der Waals surface area (Å²) in [6, 6.07) is 0. The number of rotatable bonds is 6. The zero-order valence-electron chi connectivity index (χ0n) is 11.9. The summed E-state index contributed by atoms with van der Waals surface area (Å²) < 4.78 is 5.45. The first kappa shape index (κ1) is 14.2. The van der Waals surface area contributed by atoms with Crippen molar-refractivity contribution in [3.05, 3.63) is 18.1 Å². The van der Waals surface area contributed by atoms with Crippen molar-refractivity contribution in [3.63, 3.8) is 0 Å². The van der Waals surface area contributed by atoms with Gasteiger partial charge in [-0.1, -0.05) is 6.92 Å². The maximum absolute atomic E-state index is 5.45. The Balaban J connectivity index is 1.97. The lowest BCUT2D eigenvalue weighted by Crippen LogP contribution is -2.39. The van der Waals surface area contributed by atoms with Gasteiger partial charge < -0.3 is 15.0 Å². The molecule has 0 saturated carbocycles. The van der Waals surface area contributed by atoms with E-state index < -0.39 is 0 Å². The molecule has 1 aromatic rings. The maximum Gasteiger partial charge on any atom is 0.147 e. The van der Waals surface area contributed by atoms with Crippen LogP contribution in [0.4, 0.5) is 5.82 Å². The van der Waals surface area contributed by atoms with E-state index in [-0.39, 0.29) is 0 Å². The summed E-state index contributed by atoms with van der Waals surface area (Å²) in [6.45, 7) is 5.92. The van der Waals surface area contributed by atoms with Crippen LogP contribution in [-0.2, 0) is 11.3 Å². The first-order valence-corrected chi connectivity index (χ1v) is 7.13. The fourth-order valence-corrected chi connectivity index (χ4v) is 2.36. The smallest absolute Gasteiger partial charge is 0.147 e. The van der Waals surface area contributed by atoms with E-state index in [1.807, 2.05) is 12.4 Å². The van der Waals surface area contributed by atoms with Crippen molar-refractivity contribution < 1.29 is 4.74 Å². The molecule has 0 amide bonds. The van der Waals surface area contributed by atoms with Crippen LogP contribution in [0.25, 0.3) is 0 Å². The van der Waals surface area contributed by atoms with Gasteiger partial charge in [0, 0.05) is 32.9 Å². The largest absolute Gasteiger partial charge is 0.380 e. The second-order valence-corrected chi connectivity index (χ2v) is 4.99. The van der Waals surface area contributed by atoms with Crippen molar-refractivity contribution in [1.29, 1.82) is 0 Å². The lowest BCUT2D eigenvalue weighted by Gasteiger charge is -2.32. The zero-order valence-corrected chi connectivity index (χ0v) is 11.9. The van der Waals surface area contributed by atoms with Crippen LogP contribution in [0.1, 0.15) is 31.9 Å². The van der Waals surface area contributed by atoms with E-state index in [0.29, 0.717) is 6.10 Å². The van der Waals surface area contributed by atoms with Crippen molar-refractivity contribution in [2.45, 2.75) is 38.8 Å². The number of nitrogens with one attached hydrogen (secondary N) is 1. The molecule has 1 aromatic heterocycles. The molecule has 0 aliphatic carbocycles. The van der Waals surface area contributed by atoms with Crippen molar-refractivity contribution in [2.75, 3.05) is 31.6 Å². The normalized spacial score (nSPS) is 19.7. The Hall–Kier alpha value is -1.20. The standard InChI is InChI=1S/C14H24N4O/c1-3-6-15-8-12-9-16-10-14(17-12)18-7-4-5-13(11-18)19-2/h9-10,13,15H,3-8,11H2,1-2H3. The summed E-state index contributed by atoms with van der Waals surface area (Å²) in [7, 11) is 1.78. The van der Waals surface area contributed by atoms with E-state index in [1.54, 1.807) is 7.11 Å². The van der Waals surface area contributed by atoms with Crippen molar-refractivity contribution >= 4 is 5.82 Å². The predicted octanol–water partition coefficient (Wildman–Crippen LogP) is 1.59. The highest BCUT2D eigenvalue weighted by Crippen LogP contribution is 2.18. The average Bonchev–Trinajstić information content (AvgIpc) is 2.48. The molecule has 106 valence electrons. The average molecular weight is 264 g/mol. The van der Waals surface area contributed by atoms with Crippen LogP contribution < -0.4 is 10.2 Å². The Morgan fingerprint density at radius 3 is 3.16 bits per heavy atom. The molecule has 2 heterocycles. The van der Waals surface area contributed by atoms with Gasteiger partial charge in [0.05, 0.1) is 18.0 Å². The lowest BCUT2D eigenvalue weighted by molar-refractivity contribution is 0.0891. The quantitative estimate of drug-likeness (QED) is 0.791. The van der Waals surface area contributed by atoms with E-state index in [0.717, 1.165) is 57.0 Å². The third kappa shape index (κ3) is 4.14. The highest BCUT2D eigenvalue weighted by molar-refractivity contribution is 5.37. The molecule has 1 unspecified atom stereocenters. The van der Waals surface area contributed by atoms with Crippen molar-refractivity contribution in [2.24, 2.45) is 0 Å². The molecule has 2 rings (SSSR count). The van der Waals surface area contributed by atoms with Gasteiger partial charge in [0.2, 0.25) is 0 Å². The number of ether oxygens (including phenoxy) is 1. The van der Waals surface area contributed by atoms with E-state index in [2.05, 4.69) is 27.1 Å². The minimum Gasteiger partial charge on any atom is -0.380 e. The molecule has 5 nitrogen and oxygen atoms in total. The molecule has 1 aliphatic heterocycles. The number of hydrogen-bond donors (Lipinski definition) is 1. The van der Waals surface area contributed by atoms with Gasteiger partial charge in [0.25, 0.3) is 0 Å². The molecule has 1 atom stereocenters. The Morgan fingerprint density at radius 1 is 1.47 bits per heavy atom. The van der Waals surface area contributed by atoms with Crippen LogP contribution in [0.3, 0.4) is 0 Å². The zero-order chi connectivity index (χ0) is 13.5. The van der Waals surface area contributed by atoms with Crippen molar-refractivity contribution in [3.8, 4) is 0 Å². The molecule has 1 fully saturated rings. The fraction of sp³-hybridized carbons (Fsp3) is 0.714. The van der Waals surface area contributed by atoms with Gasteiger partial charge in [-0.3, -0.25) is 4.98 Å². The molecule has 1 aliphatic rings. The molecule has 0 radical (unpaired) electrons. The summed E-state index contributed by atoms with van der Waals surface area (Å²) in [6.07, 6.45) is 7.42. The van der Waals surface area contributed by atoms with E-state index in [1.165, 1.54) is 0 Å². The SMILES string of the molecule is CCCNCc1cncc(N2CCCC(OC)C2)n1. The number of methoxy groups -OCH3 is 1. The molecule has 0 spiro atoms. The Morgan fingerprint density at radius 2 is 2.37 bits per heavy atom. The monoisotopic (exact) mass is 264 g/mol. The second kappa shape index (κ2) is 7.40. The van der Waals surface area contributed by atoms with Gasteiger partial charge in [-0.25, -0.2) is 4.98 Å². The molecular formula is C14H24N4O. The molecular weight excluding hydrogens is 240 g/mol. The van der Waals surface area contributed by atoms with Gasteiger partial charge in [0.15, 0.2) is 0 Å². The highest BCUT2D eigenvalue weighted by atomic mass is 16.5. The minimum absolute atomic E-state index is 0.317. The molecule has 1 saturated heterocycles. The summed E-state index contributed by atoms with van der Waals surface area (Å²) >= 11 is 0. The van der Waals surface area contributed by atoms with Crippen LogP contribution in [-0.4, -0.2) is 42.8 Å². The molecule has 0 bridgehead atoms. The van der Waals surface area contributed by atoms with Crippen LogP contribution in [0.5, 0.6) is 0 Å². The fourth-order valence-electron chi connectivity index (χ4n) is 2.36. The lowest BCUT2D eigenvalue weighted by atomic mass is 10.1. The minimum atomic E-state index is 0.317. The highest BCUT2D eigenvalue weighted by Gasteiger charge is 2.20. The summed E-state index contributed by atoms with van der Waals surface area (Å²) in [5.41, 5.74) is 1.01. The molecule has 19 heavy (non-hydrogen) atoms. The van der Waals surface area contributed by atoms with Gasteiger partial charge in [0.1, 0.15) is 5.82 Å². The number of nitrogens with zero attached hydrogens (tertiary/aromatic N) is 3. The van der Waals surface area contributed by atoms with Crippen molar-refractivity contribution in [1.82, 2.24) is 15.3 Å². The molecule has 5 heteroatoms. The number of anilines is 1. The van der Waals surface area contributed by atoms with Gasteiger partial charge >= 0.3 is 0 Å². The molecule has 0 aromatic carbocycles. The van der Waals surface area contributed by atoms with Gasteiger partial charge in [-0.15, -0.1) is 0 Å². The topological polar surface area (TPSA) is 50.3 Å². The van der Waals surface area contributed by atoms with Gasteiger partial charge in [-0.2, -0.15) is 0 Å². The first-order chi connectivity index (χ1) is 9.33. The number of hydrogen-bond acceptors (Lipinski definition) is 5. The Bertz CT molecular complexity index is 385. The molecule has 1 N–H and O–H groups in total. The Kier molecular flexibility index (Phi) is 5.54. The summed E-state index contributed by atoms with van der Waals surface area (Å²) in [5.74, 6) is 0.970. The predicted molar refractivity (Wildman–Crippen MR) is 76.3 cm³/mol.